The average molecular weight is 259 g/mol. The van der Waals surface area contributed by atoms with Gasteiger partial charge in [-0.3, -0.25) is 0 Å². The molecular weight excluding hydrogens is 243 g/mol. The lowest BCUT2D eigenvalue weighted by Gasteiger charge is -2.19. The molecule has 0 radical (unpaired) electrons. The van der Waals surface area contributed by atoms with E-state index in [-0.39, 0.29) is 6.04 Å². The molecule has 100 valence electrons. The standard InChI is InChI=1S/C12H16F3N3/c1-8(16)9-3-5-18(7-9)11-6-10(2-4-17-11)12(13,14)15/h2,4,6,8-9H,3,5,7,16H2,1H3. The summed E-state index contributed by atoms with van der Waals surface area (Å²) in [5.41, 5.74) is 5.15. The van der Waals surface area contributed by atoms with Gasteiger partial charge in [0.2, 0.25) is 0 Å². The molecule has 6 heteroatoms. The van der Waals surface area contributed by atoms with Crippen molar-refractivity contribution in [3.8, 4) is 0 Å². The van der Waals surface area contributed by atoms with Crippen LogP contribution in [0.15, 0.2) is 18.3 Å². The van der Waals surface area contributed by atoms with Crippen molar-refractivity contribution < 1.29 is 13.2 Å². The molecule has 2 heterocycles. The van der Waals surface area contributed by atoms with E-state index in [2.05, 4.69) is 4.98 Å². The predicted octanol–water partition coefficient (Wildman–Crippen LogP) is 2.27. The van der Waals surface area contributed by atoms with E-state index < -0.39 is 11.7 Å². The van der Waals surface area contributed by atoms with Gasteiger partial charge in [-0.15, -0.1) is 0 Å². The Hall–Kier alpha value is -1.30. The van der Waals surface area contributed by atoms with Crippen LogP contribution in [0.1, 0.15) is 18.9 Å². The van der Waals surface area contributed by atoms with Crippen LogP contribution in [0.2, 0.25) is 0 Å². The van der Waals surface area contributed by atoms with Crippen LogP contribution < -0.4 is 10.6 Å². The van der Waals surface area contributed by atoms with Gasteiger partial charge >= 0.3 is 6.18 Å². The summed E-state index contributed by atoms with van der Waals surface area (Å²) in [5.74, 6) is 0.703. The number of nitrogens with zero attached hydrogens (tertiary/aromatic N) is 2. The summed E-state index contributed by atoms with van der Waals surface area (Å²) in [6, 6.07) is 2.15. The van der Waals surface area contributed by atoms with Gasteiger partial charge in [-0.2, -0.15) is 13.2 Å². The van der Waals surface area contributed by atoms with Crippen LogP contribution in [0, 0.1) is 5.92 Å². The van der Waals surface area contributed by atoms with Gasteiger partial charge in [-0.25, -0.2) is 4.98 Å². The molecular formula is C12H16F3N3. The quantitative estimate of drug-likeness (QED) is 0.886. The van der Waals surface area contributed by atoms with Crippen LogP contribution in [0.5, 0.6) is 0 Å². The molecule has 3 nitrogen and oxygen atoms in total. The van der Waals surface area contributed by atoms with Gasteiger partial charge in [0.25, 0.3) is 0 Å². The molecule has 1 aromatic heterocycles. The number of rotatable bonds is 2. The molecule has 2 rings (SSSR count). The highest BCUT2D eigenvalue weighted by molar-refractivity contribution is 5.43. The second kappa shape index (κ2) is 4.76. The Labute approximate surface area is 104 Å². The number of hydrogen-bond acceptors (Lipinski definition) is 3. The lowest BCUT2D eigenvalue weighted by Crippen LogP contribution is -2.30. The van der Waals surface area contributed by atoms with Gasteiger partial charge in [0, 0.05) is 25.3 Å². The second-order valence-electron chi connectivity index (χ2n) is 4.75. The highest BCUT2D eigenvalue weighted by Gasteiger charge is 2.32. The number of nitrogens with two attached hydrogens (primary N) is 1. The summed E-state index contributed by atoms with van der Waals surface area (Å²) < 4.78 is 37.8. The number of alkyl halides is 3. The third kappa shape index (κ3) is 2.75. The van der Waals surface area contributed by atoms with Crippen molar-refractivity contribution in [1.29, 1.82) is 0 Å². The number of halogens is 3. The van der Waals surface area contributed by atoms with E-state index in [1.807, 2.05) is 11.8 Å². The molecule has 1 aromatic rings. The zero-order valence-corrected chi connectivity index (χ0v) is 10.1. The Kier molecular flexibility index (Phi) is 3.47. The second-order valence-corrected chi connectivity index (χ2v) is 4.75. The van der Waals surface area contributed by atoms with Crippen molar-refractivity contribution in [2.75, 3.05) is 18.0 Å². The van der Waals surface area contributed by atoms with Crippen molar-refractivity contribution in [1.82, 2.24) is 4.98 Å². The third-order valence-corrected chi connectivity index (χ3v) is 3.37. The largest absolute Gasteiger partial charge is 0.416 e. The summed E-state index contributed by atoms with van der Waals surface area (Å²) in [7, 11) is 0. The Balaban J connectivity index is 2.15. The SMILES string of the molecule is CC(N)C1CCN(c2cc(C(F)(F)F)ccn2)C1. The minimum atomic E-state index is -4.32. The molecule has 0 spiro atoms. The first-order valence-electron chi connectivity index (χ1n) is 5.91. The maximum absolute atomic E-state index is 12.6. The molecule has 18 heavy (non-hydrogen) atoms. The topological polar surface area (TPSA) is 42.1 Å². The Bertz CT molecular complexity index is 417. The van der Waals surface area contributed by atoms with E-state index in [1.165, 1.54) is 6.20 Å². The number of aromatic nitrogens is 1. The van der Waals surface area contributed by atoms with Crippen LogP contribution in [-0.2, 0) is 6.18 Å². The van der Waals surface area contributed by atoms with E-state index in [9.17, 15) is 13.2 Å². The molecule has 1 aliphatic rings. The fraction of sp³-hybridized carbons (Fsp3) is 0.583. The molecule has 2 N–H and O–H groups in total. The first-order valence-corrected chi connectivity index (χ1v) is 5.91. The highest BCUT2D eigenvalue weighted by Crippen LogP contribution is 2.32. The van der Waals surface area contributed by atoms with E-state index in [4.69, 9.17) is 5.73 Å². The molecule has 0 aromatic carbocycles. The van der Waals surface area contributed by atoms with Gasteiger partial charge < -0.3 is 10.6 Å². The number of anilines is 1. The molecule has 1 aliphatic heterocycles. The smallest absolute Gasteiger partial charge is 0.356 e. The molecule has 1 saturated heterocycles. The Morgan fingerprint density at radius 1 is 1.50 bits per heavy atom. The van der Waals surface area contributed by atoms with Crippen LogP contribution in [0.4, 0.5) is 19.0 Å². The predicted molar refractivity (Wildman–Crippen MR) is 63.2 cm³/mol. The lowest BCUT2D eigenvalue weighted by atomic mass is 10.0. The van der Waals surface area contributed by atoms with Gasteiger partial charge in [0.05, 0.1) is 5.56 Å². The maximum atomic E-state index is 12.6. The zero-order valence-electron chi connectivity index (χ0n) is 10.1. The zero-order chi connectivity index (χ0) is 13.3. The molecule has 2 unspecified atom stereocenters. The van der Waals surface area contributed by atoms with Crippen molar-refractivity contribution in [3.63, 3.8) is 0 Å². The highest BCUT2D eigenvalue weighted by atomic mass is 19.4. The van der Waals surface area contributed by atoms with E-state index >= 15 is 0 Å². The first-order chi connectivity index (χ1) is 8.38. The summed E-state index contributed by atoms with van der Waals surface area (Å²) in [6.07, 6.45) is -2.22. The van der Waals surface area contributed by atoms with Gasteiger partial charge in [0.15, 0.2) is 0 Å². The summed E-state index contributed by atoms with van der Waals surface area (Å²) in [4.78, 5) is 5.88. The van der Waals surface area contributed by atoms with Crippen LogP contribution in [-0.4, -0.2) is 24.1 Å². The monoisotopic (exact) mass is 259 g/mol. The Morgan fingerprint density at radius 2 is 2.22 bits per heavy atom. The van der Waals surface area contributed by atoms with Gasteiger partial charge in [-0.1, -0.05) is 0 Å². The summed E-state index contributed by atoms with van der Waals surface area (Å²) >= 11 is 0. The number of hydrogen-bond donors (Lipinski definition) is 1. The minimum absolute atomic E-state index is 0.0563. The van der Waals surface area contributed by atoms with E-state index in [0.29, 0.717) is 24.8 Å². The molecule has 0 aliphatic carbocycles. The summed E-state index contributed by atoms with van der Waals surface area (Å²) in [6.45, 7) is 3.31. The average Bonchev–Trinajstić information content (AvgIpc) is 2.77. The van der Waals surface area contributed by atoms with Crippen molar-refractivity contribution in [2.24, 2.45) is 11.7 Å². The van der Waals surface area contributed by atoms with Crippen LogP contribution in [0.25, 0.3) is 0 Å². The normalized spacial score (nSPS) is 22.3. The first kappa shape index (κ1) is 13.1. The van der Waals surface area contributed by atoms with Gasteiger partial charge in [0.1, 0.15) is 5.82 Å². The fourth-order valence-corrected chi connectivity index (χ4v) is 2.19. The molecule has 0 saturated carbocycles. The molecule has 0 bridgehead atoms. The molecule has 0 amide bonds. The van der Waals surface area contributed by atoms with E-state index in [1.54, 1.807) is 0 Å². The molecule has 1 fully saturated rings. The van der Waals surface area contributed by atoms with E-state index in [0.717, 1.165) is 18.6 Å². The van der Waals surface area contributed by atoms with Crippen LogP contribution >= 0.6 is 0 Å². The molecule has 2 atom stereocenters. The van der Waals surface area contributed by atoms with Crippen molar-refractivity contribution in [3.05, 3.63) is 23.9 Å². The maximum Gasteiger partial charge on any atom is 0.416 e. The Morgan fingerprint density at radius 3 is 2.78 bits per heavy atom. The van der Waals surface area contributed by atoms with Crippen molar-refractivity contribution >= 4 is 5.82 Å². The lowest BCUT2D eigenvalue weighted by molar-refractivity contribution is -0.137. The fourth-order valence-electron chi connectivity index (χ4n) is 2.19. The van der Waals surface area contributed by atoms with Gasteiger partial charge in [-0.05, 0) is 31.4 Å². The third-order valence-electron chi connectivity index (χ3n) is 3.37. The minimum Gasteiger partial charge on any atom is -0.356 e. The van der Waals surface area contributed by atoms with Crippen LogP contribution in [0.3, 0.4) is 0 Å². The number of pyridine rings is 1. The summed E-state index contributed by atoms with van der Waals surface area (Å²) in [5, 5.41) is 0. The van der Waals surface area contributed by atoms with Crippen molar-refractivity contribution in [2.45, 2.75) is 25.6 Å².